The first-order valence-corrected chi connectivity index (χ1v) is 13.0. The monoisotopic (exact) mass is 518 g/mol. The number of methoxy groups -OCH3 is 1. The molecular weight excluding hydrogens is 492 g/mol. The van der Waals surface area contributed by atoms with Gasteiger partial charge in [0.2, 0.25) is 5.91 Å². The van der Waals surface area contributed by atoms with Crippen LogP contribution >= 0.6 is 11.8 Å². The van der Waals surface area contributed by atoms with Gasteiger partial charge in [0, 0.05) is 21.8 Å². The Labute approximate surface area is 225 Å². The number of amides is 2. The van der Waals surface area contributed by atoms with Gasteiger partial charge in [-0.1, -0.05) is 60.7 Å². The molecule has 5 aromatic rings. The Hall–Kier alpha value is -4.55. The molecule has 2 amide bonds. The highest BCUT2D eigenvalue weighted by Crippen LogP contribution is 2.37. The Morgan fingerprint density at radius 3 is 2.03 bits per heavy atom. The Morgan fingerprint density at radius 2 is 1.32 bits per heavy atom. The van der Waals surface area contributed by atoms with Gasteiger partial charge in [0.05, 0.1) is 7.11 Å². The van der Waals surface area contributed by atoms with Gasteiger partial charge < -0.3 is 15.4 Å². The van der Waals surface area contributed by atoms with Crippen molar-refractivity contribution in [2.45, 2.75) is 10.1 Å². The van der Waals surface area contributed by atoms with Gasteiger partial charge in [-0.25, -0.2) is 0 Å². The summed E-state index contributed by atoms with van der Waals surface area (Å²) < 4.78 is 5.20. The second-order valence-corrected chi connectivity index (χ2v) is 9.85. The zero-order valence-electron chi connectivity index (χ0n) is 20.8. The Kier molecular flexibility index (Phi) is 7.71. The van der Waals surface area contributed by atoms with Crippen LogP contribution in [-0.2, 0) is 4.79 Å². The van der Waals surface area contributed by atoms with Crippen molar-refractivity contribution in [1.82, 2.24) is 0 Å². The van der Waals surface area contributed by atoms with Crippen LogP contribution in [0.2, 0.25) is 0 Å². The second-order valence-electron chi connectivity index (χ2n) is 8.67. The number of hydrogen-bond acceptors (Lipinski definition) is 4. The van der Waals surface area contributed by atoms with Gasteiger partial charge in [-0.05, 0) is 77.0 Å². The molecule has 5 rings (SSSR count). The normalized spacial score (nSPS) is 11.5. The molecule has 1 atom stereocenters. The zero-order chi connectivity index (χ0) is 26.3. The fourth-order valence-electron chi connectivity index (χ4n) is 4.07. The molecule has 0 bridgehead atoms. The molecule has 0 radical (unpaired) electrons. The summed E-state index contributed by atoms with van der Waals surface area (Å²) in [6.45, 7) is 0. The van der Waals surface area contributed by atoms with Gasteiger partial charge in [-0.3, -0.25) is 9.59 Å². The maximum Gasteiger partial charge on any atom is 0.255 e. The van der Waals surface area contributed by atoms with Gasteiger partial charge >= 0.3 is 0 Å². The molecule has 0 aliphatic heterocycles. The fourth-order valence-corrected chi connectivity index (χ4v) is 5.09. The van der Waals surface area contributed by atoms with E-state index in [0.717, 1.165) is 27.0 Å². The summed E-state index contributed by atoms with van der Waals surface area (Å²) >= 11 is 1.45. The number of nitrogens with one attached hydrogen (secondary N) is 2. The van der Waals surface area contributed by atoms with E-state index in [-0.39, 0.29) is 11.8 Å². The molecule has 0 aliphatic carbocycles. The molecule has 6 heteroatoms. The summed E-state index contributed by atoms with van der Waals surface area (Å²) in [7, 11) is 1.61. The van der Waals surface area contributed by atoms with Crippen LogP contribution in [0.3, 0.4) is 0 Å². The molecule has 38 heavy (non-hydrogen) atoms. The van der Waals surface area contributed by atoms with Crippen molar-refractivity contribution in [2.75, 3.05) is 17.7 Å². The molecule has 0 saturated carbocycles. The number of fused-ring (bicyclic) bond motifs is 1. The van der Waals surface area contributed by atoms with Gasteiger partial charge in [0.25, 0.3) is 5.91 Å². The third-order valence-electron chi connectivity index (χ3n) is 6.08. The summed E-state index contributed by atoms with van der Waals surface area (Å²) in [5, 5.41) is 7.62. The molecule has 5 aromatic carbocycles. The lowest BCUT2D eigenvalue weighted by atomic mass is 10.1. The summed E-state index contributed by atoms with van der Waals surface area (Å²) in [5.41, 5.74) is 2.88. The van der Waals surface area contributed by atoms with Gasteiger partial charge in [0.15, 0.2) is 0 Å². The minimum Gasteiger partial charge on any atom is -0.497 e. The van der Waals surface area contributed by atoms with Crippen molar-refractivity contribution in [1.29, 1.82) is 0 Å². The lowest BCUT2D eigenvalue weighted by Crippen LogP contribution is -2.19. The van der Waals surface area contributed by atoms with E-state index in [0.29, 0.717) is 16.9 Å². The average molecular weight is 519 g/mol. The van der Waals surface area contributed by atoms with E-state index in [2.05, 4.69) is 10.6 Å². The zero-order valence-corrected chi connectivity index (χ0v) is 21.6. The summed E-state index contributed by atoms with van der Waals surface area (Å²) in [6, 6.07) is 38.1. The minimum absolute atomic E-state index is 0.125. The number of carbonyl (C=O) groups excluding carboxylic acids is 2. The van der Waals surface area contributed by atoms with Crippen molar-refractivity contribution >= 4 is 45.7 Å². The quantitative estimate of drug-likeness (QED) is 0.208. The van der Waals surface area contributed by atoms with E-state index in [4.69, 9.17) is 4.74 Å². The van der Waals surface area contributed by atoms with Crippen molar-refractivity contribution in [3.8, 4) is 5.75 Å². The summed E-state index contributed by atoms with van der Waals surface area (Å²) in [4.78, 5) is 27.1. The van der Waals surface area contributed by atoms with Crippen molar-refractivity contribution < 1.29 is 14.3 Å². The molecule has 0 heterocycles. The fraction of sp³-hybridized carbons (Fsp3) is 0.0625. The third kappa shape index (κ3) is 6.05. The maximum absolute atomic E-state index is 13.3. The van der Waals surface area contributed by atoms with Crippen molar-refractivity contribution in [2.24, 2.45) is 0 Å². The van der Waals surface area contributed by atoms with Gasteiger partial charge in [0.1, 0.15) is 11.0 Å². The van der Waals surface area contributed by atoms with E-state index in [1.54, 1.807) is 7.11 Å². The molecule has 5 nitrogen and oxygen atoms in total. The Morgan fingerprint density at radius 1 is 0.684 bits per heavy atom. The highest BCUT2D eigenvalue weighted by molar-refractivity contribution is 8.00. The lowest BCUT2D eigenvalue weighted by Gasteiger charge is -2.17. The number of carbonyl (C=O) groups is 2. The standard InChI is InChI=1S/C32H26N2O3S/c1-37-28-17-13-26(14-18-28)34-32(36)30(23-8-3-2-4-9-23)38-29-19-15-27(16-20-29)33-31(35)25-12-11-22-7-5-6-10-24(22)21-25/h2-21,30H,1H3,(H,33,35)(H,34,36). The van der Waals surface area contributed by atoms with E-state index in [1.165, 1.54) is 11.8 Å². The first kappa shape index (κ1) is 25.1. The van der Waals surface area contributed by atoms with Crippen LogP contribution in [0, 0.1) is 0 Å². The van der Waals surface area contributed by atoms with Gasteiger partial charge in [-0.2, -0.15) is 0 Å². The van der Waals surface area contributed by atoms with E-state index in [1.807, 2.05) is 121 Å². The number of hydrogen-bond donors (Lipinski definition) is 2. The smallest absolute Gasteiger partial charge is 0.255 e. The molecule has 0 aliphatic rings. The molecular formula is C32H26N2O3S. The average Bonchev–Trinajstić information content (AvgIpc) is 2.97. The van der Waals surface area contributed by atoms with Crippen LogP contribution in [0.1, 0.15) is 21.2 Å². The Balaban J connectivity index is 1.29. The highest BCUT2D eigenvalue weighted by Gasteiger charge is 2.22. The van der Waals surface area contributed by atoms with Gasteiger partial charge in [-0.15, -0.1) is 11.8 Å². The summed E-state index contributed by atoms with van der Waals surface area (Å²) in [6.07, 6.45) is 0. The predicted molar refractivity (Wildman–Crippen MR) is 155 cm³/mol. The van der Waals surface area contributed by atoms with E-state index >= 15 is 0 Å². The number of benzene rings is 5. The molecule has 188 valence electrons. The highest BCUT2D eigenvalue weighted by atomic mass is 32.2. The maximum atomic E-state index is 13.3. The summed E-state index contributed by atoms with van der Waals surface area (Å²) in [5.74, 6) is 0.432. The third-order valence-corrected chi connectivity index (χ3v) is 7.34. The molecule has 1 unspecified atom stereocenters. The molecule has 0 spiro atoms. The minimum atomic E-state index is -0.462. The largest absolute Gasteiger partial charge is 0.497 e. The van der Waals surface area contributed by atoms with Crippen LogP contribution in [0.25, 0.3) is 10.8 Å². The molecule has 0 aromatic heterocycles. The topological polar surface area (TPSA) is 67.4 Å². The number of ether oxygens (including phenoxy) is 1. The van der Waals surface area contributed by atoms with Crippen molar-refractivity contribution in [3.05, 3.63) is 132 Å². The lowest BCUT2D eigenvalue weighted by molar-refractivity contribution is -0.115. The first-order valence-electron chi connectivity index (χ1n) is 12.2. The SMILES string of the molecule is COc1ccc(NC(=O)C(Sc2ccc(NC(=O)c3ccc4ccccc4c3)cc2)c2ccccc2)cc1. The van der Waals surface area contributed by atoms with Crippen LogP contribution in [-0.4, -0.2) is 18.9 Å². The van der Waals surface area contributed by atoms with Crippen LogP contribution < -0.4 is 15.4 Å². The van der Waals surface area contributed by atoms with Crippen LogP contribution in [0.4, 0.5) is 11.4 Å². The number of anilines is 2. The number of thioether (sulfide) groups is 1. The molecule has 0 saturated heterocycles. The first-order chi connectivity index (χ1) is 18.6. The predicted octanol–water partition coefficient (Wildman–Crippen LogP) is 7.57. The number of rotatable bonds is 8. The second kappa shape index (κ2) is 11.7. The van der Waals surface area contributed by atoms with E-state index in [9.17, 15) is 9.59 Å². The van der Waals surface area contributed by atoms with E-state index < -0.39 is 5.25 Å². The molecule has 0 fully saturated rings. The Bertz CT molecular complexity index is 1550. The van der Waals surface area contributed by atoms with Crippen LogP contribution in [0.5, 0.6) is 5.75 Å². The van der Waals surface area contributed by atoms with Crippen LogP contribution in [0.15, 0.2) is 126 Å². The molecule has 2 N–H and O–H groups in total. The van der Waals surface area contributed by atoms with Crippen molar-refractivity contribution in [3.63, 3.8) is 0 Å².